The number of benzene rings is 2. The molecular weight excluding hydrogens is 456 g/mol. The van der Waals surface area contributed by atoms with Gasteiger partial charge in [-0.2, -0.15) is 5.10 Å². The molecule has 0 aliphatic carbocycles. The lowest BCUT2D eigenvalue weighted by molar-refractivity contribution is -0.153. The Kier molecular flexibility index (Phi) is 5.53. The van der Waals surface area contributed by atoms with Gasteiger partial charge in [-0.1, -0.05) is 0 Å². The first-order valence-corrected chi connectivity index (χ1v) is 11.9. The molecule has 0 unspecified atom stereocenters. The third kappa shape index (κ3) is 3.70. The monoisotopic (exact) mass is 481 g/mol. The molecule has 35 heavy (non-hydrogen) atoms. The van der Waals surface area contributed by atoms with E-state index >= 15 is 4.39 Å². The van der Waals surface area contributed by atoms with E-state index in [0.717, 1.165) is 29.8 Å². The van der Waals surface area contributed by atoms with Crippen LogP contribution < -0.4 is 0 Å². The molecular formula is C26H25F2N3O4. The number of H-pyrrole nitrogens is 1. The van der Waals surface area contributed by atoms with Crippen LogP contribution in [0.1, 0.15) is 48.8 Å². The lowest BCUT2D eigenvalue weighted by atomic mass is 9.84. The highest BCUT2D eigenvalue weighted by atomic mass is 19.1. The second-order valence-electron chi connectivity index (χ2n) is 9.35. The molecule has 2 atom stereocenters. The Morgan fingerprint density at radius 2 is 1.86 bits per heavy atom. The molecule has 0 amide bonds. The van der Waals surface area contributed by atoms with Crippen molar-refractivity contribution in [1.29, 1.82) is 0 Å². The SMILES string of the molecule is O=C(O)[C@@H]1CC[C@@H](c2c(C3CCOCC3)n(-c3ccc(F)cc3)c3cc4cn[nH]c4c(F)c23)CO1. The zero-order valence-corrected chi connectivity index (χ0v) is 19.0. The van der Waals surface area contributed by atoms with Gasteiger partial charge in [-0.3, -0.25) is 5.10 Å². The fourth-order valence-electron chi connectivity index (χ4n) is 5.68. The predicted octanol–water partition coefficient (Wildman–Crippen LogP) is 5.03. The number of hydrogen-bond acceptors (Lipinski definition) is 4. The Labute approximate surface area is 199 Å². The zero-order valence-electron chi connectivity index (χ0n) is 19.0. The number of hydrogen-bond donors (Lipinski definition) is 2. The number of halogens is 2. The van der Waals surface area contributed by atoms with Crippen molar-refractivity contribution < 1.29 is 28.2 Å². The molecule has 9 heteroatoms. The Bertz CT molecular complexity index is 1400. The van der Waals surface area contributed by atoms with E-state index in [1.54, 1.807) is 18.3 Å². The average Bonchev–Trinajstić information content (AvgIpc) is 3.49. The summed E-state index contributed by atoms with van der Waals surface area (Å²) in [5.74, 6) is -1.79. The minimum absolute atomic E-state index is 0.101. The number of rotatable bonds is 4. The van der Waals surface area contributed by atoms with Crippen molar-refractivity contribution in [1.82, 2.24) is 14.8 Å². The van der Waals surface area contributed by atoms with E-state index in [-0.39, 0.29) is 30.1 Å². The first-order chi connectivity index (χ1) is 17.0. The maximum Gasteiger partial charge on any atom is 0.332 e. The van der Waals surface area contributed by atoms with Gasteiger partial charge < -0.3 is 19.1 Å². The van der Waals surface area contributed by atoms with Crippen LogP contribution in [0, 0.1) is 11.6 Å². The number of ether oxygens (including phenoxy) is 2. The minimum Gasteiger partial charge on any atom is -0.479 e. The van der Waals surface area contributed by atoms with Gasteiger partial charge >= 0.3 is 5.97 Å². The van der Waals surface area contributed by atoms with Crippen molar-refractivity contribution in [3.63, 3.8) is 0 Å². The highest BCUT2D eigenvalue weighted by Crippen LogP contribution is 2.46. The van der Waals surface area contributed by atoms with Crippen molar-refractivity contribution in [3.05, 3.63) is 59.4 Å². The van der Waals surface area contributed by atoms with Crippen LogP contribution in [-0.2, 0) is 14.3 Å². The second kappa shape index (κ2) is 8.73. The van der Waals surface area contributed by atoms with Crippen molar-refractivity contribution in [2.45, 2.75) is 43.6 Å². The zero-order chi connectivity index (χ0) is 24.1. The van der Waals surface area contributed by atoms with Crippen LogP contribution in [0.3, 0.4) is 0 Å². The van der Waals surface area contributed by atoms with Crippen molar-refractivity contribution in [2.75, 3.05) is 19.8 Å². The molecule has 2 aliphatic heterocycles. The first kappa shape index (κ1) is 22.2. The van der Waals surface area contributed by atoms with Gasteiger partial charge in [0.25, 0.3) is 0 Å². The maximum atomic E-state index is 16.2. The summed E-state index contributed by atoms with van der Waals surface area (Å²) >= 11 is 0. The van der Waals surface area contributed by atoms with E-state index in [9.17, 15) is 14.3 Å². The van der Waals surface area contributed by atoms with Crippen LogP contribution in [0.5, 0.6) is 0 Å². The standard InChI is InChI=1S/C26H25F2N3O4/c27-17-2-4-18(5-3-17)31-19-11-16-12-29-30-24(16)23(28)22(19)21(25(31)14-7-9-34-10-8-14)15-1-6-20(26(32)33)35-13-15/h2-5,11-12,14-15,20H,1,6-10,13H2,(H,29,30)(H,32,33)/t15-,20+/m1/s1. The topological polar surface area (TPSA) is 89.4 Å². The summed E-state index contributed by atoms with van der Waals surface area (Å²) in [6.07, 6.45) is 3.20. The summed E-state index contributed by atoms with van der Waals surface area (Å²) in [7, 11) is 0. The smallest absolute Gasteiger partial charge is 0.332 e. The molecule has 2 aromatic heterocycles. The van der Waals surface area contributed by atoms with E-state index in [1.807, 2.05) is 10.6 Å². The summed E-state index contributed by atoms with van der Waals surface area (Å²) in [6, 6.07) is 8.13. The third-order valence-corrected chi connectivity index (χ3v) is 7.34. The van der Waals surface area contributed by atoms with Crippen LogP contribution in [0.15, 0.2) is 36.5 Å². The molecule has 7 nitrogen and oxygen atoms in total. The first-order valence-electron chi connectivity index (χ1n) is 11.9. The van der Waals surface area contributed by atoms with Gasteiger partial charge in [0.05, 0.1) is 18.3 Å². The number of carbonyl (C=O) groups is 1. The number of nitrogens with zero attached hydrogens (tertiary/aromatic N) is 2. The van der Waals surface area contributed by atoms with Gasteiger partial charge in [-0.15, -0.1) is 0 Å². The van der Waals surface area contributed by atoms with Gasteiger partial charge in [0.1, 0.15) is 11.3 Å². The second-order valence-corrected chi connectivity index (χ2v) is 9.35. The van der Waals surface area contributed by atoms with E-state index < -0.39 is 12.1 Å². The summed E-state index contributed by atoms with van der Waals surface area (Å²) in [5.41, 5.74) is 3.56. The molecule has 4 heterocycles. The Balaban J connectivity index is 1.64. The molecule has 182 valence electrons. The largest absolute Gasteiger partial charge is 0.479 e. The average molecular weight is 481 g/mol. The van der Waals surface area contributed by atoms with Crippen LogP contribution in [-0.4, -0.2) is 51.8 Å². The lowest BCUT2D eigenvalue weighted by Crippen LogP contribution is -2.32. The number of carboxylic acid groups (broad SMARTS) is 1. The Morgan fingerprint density at radius 3 is 2.54 bits per heavy atom. The number of nitrogens with one attached hydrogen (secondary N) is 1. The van der Waals surface area contributed by atoms with E-state index in [4.69, 9.17) is 9.47 Å². The van der Waals surface area contributed by atoms with Gasteiger partial charge in [0.15, 0.2) is 11.9 Å². The molecule has 2 aromatic carbocycles. The van der Waals surface area contributed by atoms with Gasteiger partial charge in [0, 0.05) is 47.2 Å². The molecule has 2 N–H and O–H groups in total. The molecule has 2 saturated heterocycles. The van der Waals surface area contributed by atoms with Gasteiger partial charge in [-0.05, 0) is 61.6 Å². The number of carboxylic acids is 1. The highest BCUT2D eigenvalue weighted by Gasteiger charge is 2.36. The summed E-state index contributed by atoms with van der Waals surface area (Å²) in [6.45, 7) is 1.39. The van der Waals surface area contributed by atoms with Crippen LogP contribution in [0.2, 0.25) is 0 Å². The van der Waals surface area contributed by atoms with Crippen LogP contribution in [0.25, 0.3) is 27.5 Å². The number of aliphatic carboxylic acids is 1. The Hall–Kier alpha value is -3.30. The summed E-state index contributed by atoms with van der Waals surface area (Å²) < 4.78 is 43.4. The van der Waals surface area contributed by atoms with Crippen molar-refractivity contribution >= 4 is 27.8 Å². The van der Waals surface area contributed by atoms with E-state index in [2.05, 4.69) is 10.2 Å². The minimum atomic E-state index is -0.979. The molecule has 4 aromatic rings. The lowest BCUT2D eigenvalue weighted by Gasteiger charge is -2.31. The molecule has 0 spiro atoms. The normalized spacial score (nSPS) is 21.7. The molecule has 2 fully saturated rings. The molecule has 6 rings (SSSR count). The van der Waals surface area contributed by atoms with Gasteiger partial charge in [0.2, 0.25) is 0 Å². The molecule has 0 saturated carbocycles. The predicted molar refractivity (Wildman–Crippen MR) is 125 cm³/mol. The number of aromatic amines is 1. The van der Waals surface area contributed by atoms with Crippen LogP contribution in [0.4, 0.5) is 8.78 Å². The maximum absolute atomic E-state index is 16.2. The fourth-order valence-corrected chi connectivity index (χ4v) is 5.68. The van der Waals surface area contributed by atoms with Gasteiger partial charge in [-0.25, -0.2) is 13.6 Å². The Morgan fingerprint density at radius 1 is 1.09 bits per heavy atom. The summed E-state index contributed by atoms with van der Waals surface area (Å²) in [4.78, 5) is 11.5. The van der Waals surface area contributed by atoms with E-state index in [0.29, 0.717) is 47.9 Å². The fraction of sp³-hybridized carbons (Fsp3) is 0.385. The molecule has 0 radical (unpaired) electrons. The highest BCUT2D eigenvalue weighted by molar-refractivity contribution is 5.99. The third-order valence-electron chi connectivity index (χ3n) is 7.34. The molecule has 2 aliphatic rings. The van der Waals surface area contributed by atoms with Crippen LogP contribution >= 0.6 is 0 Å². The quantitative estimate of drug-likeness (QED) is 0.427. The summed E-state index contributed by atoms with van der Waals surface area (Å²) in [5, 5.41) is 17.3. The van der Waals surface area contributed by atoms with Crippen molar-refractivity contribution in [2.24, 2.45) is 0 Å². The van der Waals surface area contributed by atoms with Crippen molar-refractivity contribution in [3.8, 4) is 5.69 Å². The number of fused-ring (bicyclic) bond motifs is 2. The molecule has 0 bridgehead atoms. The van der Waals surface area contributed by atoms with E-state index in [1.165, 1.54) is 12.1 Å². The number of aromatic nitrogens is 3.